The van der Waals surface area contributed by atoms with Crippen molar-refractivity contribution >= 4 is 33.1 Å². The molecule has 0 unspecified atom stereocenters. The third-order valence-electron chi connectivity index (χ3n) is 6.03. The molecule has 11 heteroatoms. The maximum atomic E-state index is 11.3. The summed E-state index contributed by atoms with van der Waals surface area (Å²) >= 11 is 3.73. The number of carboxylic acid groups (broad SMARTS) is 1. The number of tetrazole rings is 1. The van der Waals surface area contributed by atoms with E-state index in [0.29, 0.717) is 35.3 Å². The zero-order valence-corrected chi connectivity index (χ0v) is 20.1. The van der Waals surface area contributed by atoms with E-state index in [1.165, 1.54) is 0 Å². The highest BCUT2D eigenvalue weighted by Crippen LogP contribution is 2.43. The maximum absolute atomic E-state index is 11.3. The molecule has 1 aliphatic rings. The highest BCUT2D eigenvalue weighted by molar-refractivity contribution is 9.10. The lowest BCUT2D eigenvalue weighted by atomic mass is 10.0. The number of carbonyl (C=O) groups is 1. The van der Waals surface area contributed by atoms with Crippen LogP contribution in [0.25, 0.3) is 33.7 Å². The van der Waals surface area contributed by atoms with Gasteiger partial charge in [0.1, 0.15) is 22.9 Å². The molecule has 5 aromatic rings. The number of aryl methyl sites for hydroxylation is 1. The summed E-state index contributed by atoms with van der Waals surface area (Å²) in [4.78, 5) is 15.9. The molecule has 176 valence electrons. The second kappa shape index (κ2) is 8.35. The third-order valence-corrected chi connectivity index (χ3v) is 6.82. The van der Waals surface area contributed by atoms with Crippen molar-refractivity contribution in [3.8, 4) is 28.6 Å². The molecule has 1 saturated carbocycles. The Labute approximate surface area is 207 Å². The molecule has 0 saturated heterocycles. The molecule has 0 aliphatic heterocycles. The van der Waals surface area contributed by atoms with Gasteiger partial charge in [0.2, 0.25) is 11.7 Å². The van der Waals surface area contributed by atoms with Gasteiger partial charge in [0, 0.05) is 22.4 Å². The Morgan fingerprint density at radius 3 is 2.77 bits per heavy atom. The van der Waals surface area contributed by atoms with E-state index < -0.39 is 6.16 Å². The van der Waals surface area contributed by atoms with E-state index in [-0.39, 0.29) is 5.88 Å². The van der Waals surface area contributed by atoms with Gasteiger partial charge in [-0.1, -0.05) is 30.3 Å². The lowest BCUT2D eigenvalue weighted by Crippen LogP contribution is -2.11. The number of ether oxygens (including phenoxy) is 1. The Kier molecular flexibility index (Phi) is 5.14. The number of furan rings is 1. The van der Waals surface area contributed by atoms with E-state index in [1.54, 1.807) is 6.92 Å². The number of aromatic amines is 1. The van der Waals surface area contributed by atoms with Crippen molar-refractivity contribution in [3.05, 3.63) is 64.0 Å². The van der Waals surface area contributed by atoms with Gasteiger partial charge in [0.05, 0.1) is 11.0 Å². The van der Waals surface area contributed by atoms with Crippen LogP contribution in [0.5, 0.6) is 5.88 Å². The molecule has 0 spiro atoms. The molecule has 0 radical (unpaired) electrons. The predicted molar refractivity (Wildman–Crippen MR) is 129 cm³/mol. The maximum Gasteiger partial charge on any atom is 0.512 e. The van der Waals surface area contributed by atoms with Crippen molar-refractivity contribution in [1.82, 2.24) is 30.2 Å². The number of halogens is 1. The Hall–Kier alpha value is -3.99. The zero-order valence-electron chi connectivity index (χ0n) is 18.5. The van der Waals surface area contributed by atoms with Gasteiger partial charge in [-0.25, -0.2) is 9.78 Å². The number of benzene rings is 2. The summed E-state index contributed by atoms with van der Waals surface area (Å²) in [5, 5.41) is 24.5. The SMILES string of the molecule is Cc1nc(C2CC2)n(Cc2ccc3oc(-c4ccccc4-c4nn[nH]n4)c(Br)c3c2)c1OC(=O)O. The van der Waals surface area contributed by atoms with Gasteiger partial charge >= 0.3 is 6.16 Å². The second-order valence-corrected chi connectivity index (χ2v) is 9.24. The number of aromatic nitrogens is 6. The van der Waals surface area contributed by atoms with Crippen LogP contribution in [-0.2, 0) is 6.54 Å². The summed E-state index contributed by atoms with van der Waals surface area (Å²) in [6, 6.07) is 13.6. The van der Waals surface area contributed by atoms with E-state index in [0.717, 1.165) is 45.2 Å². The number of rotatable bonds is 6. The lowest BCUT2D eigenvalue weighted by Gasteiger charge is -2.11. The molecule has 0 amide bonds. The second-order valence-electron chi connectivity index (χ2n) is 8.45. The average molecular weight is 535 g/mol. The Bertz CT molecular complexity index is 1570. The fourth-order valence-electron chi connectivity index (χ4n) is 4.32. The summed E-state index contributed by atoms with van der Waals surface area (Å²) in [5.41, 5.74) is 3.87. The van der Waals surface area contributed by atoms with Crippen molar-refractivity contribution in [2.24, 2.45) is 0 Å². The van der Waals surface area contributed by atoms with Gasteiger partial charge in [0.15, 0.2) is 0 Å². The normalized spacial score (nSPS) is 13.4. The first kappa shape index (κ1) is 21.5. The summed E-state index contributed by atoms with van der Waals surface area (Å²) in [5.74, 6) is 2.59. The number of hydrogen-bond acceptors (Lipinski definition) is 7. The van der Waals surface area contributed by atoms with E-state index in [1.807, 2.05) is 47.0 Å². The zero-order chi connectivity index (χ0) is 24.1. The first-order chi connectivity index (χ1) is 17.0. The van der Waals surface area contributed by atoms with Crippen LogP contribution in [0, 0.1) is 6.92 Å². The van der Waals surface area contributed by atoms with Crippen LogP contribution in [0.15, 0.2) is 51.4 Å². The lowest BCUT2D eigenvalue weighted by molar-refractivity contribution is 0.140. The van der Waals surface area contributed by atoms with Crippen molar-refractivity contribution in [3.63, 3.8) is 0 Å². The third kappa shape index (κ3) is 3.87. The molecular weight excluding hydrogens is 516 g/mol. The van der Waals surface area contributed by atoms with Crippen LogP contribution < -0.4 is 4.74 Å². The largest absolute Gasteiger partial charge is 0.512 e. The minimum Gasteiger partial charge on any atom is -0.455 e. The standard InChI is InChI=1S/C24H19BrN6O4/c1-12-23(35-24(32)33)31(22(26-12)14-7-8-14)11-13-6-9-18-17(10-13)19(25)20(34-18)15-4-2-3-5-16(15)21-27-29-30-28-21/h2-6,9-10,14H,7-8,11H2,1H3,(H,32,33)(H,27,28,29,30). The molecule has 6 rings (SSSR count). The molecule has 10 nitrogen and oxygen atoms in total. The molecule has 35 heavy (non-hydrogen) atoms. The number of hydrogen-bond donors (Lipinski definition) is 2. The summed E-state index contributed by atoms with van der Waals surface area (Å²) in [7, 11) is 0. The fourth-order valence-corrected chi connectivity index (χ4v) is 4.92. The monoisotopic (exact) mass is 534 g/mol. The van der Waals surface area contributed by atoms with Crippen LogP contribution in [-0.4, -0.2) is 41.4 Å². The molecule has 0 bridgehead atoms. The first-order valence-electron chi connectivity index (χ1n) is 11.0. The van der Waals surface area contributed by atoms with Crippen LogP contribution in [0.3, 0.4) is 0 Å². The van der Waals surface area contributed by atoms with Crippen molar-refractivity contribution < 1.29 is 19.1 Å². The number of H-pyrrole nitrogens is 1. The smallest absolute Gasteiger partial charge is 0.455 e. The summed E-state index contributed by atoms with van der Waals surface area (Å²) in [6.07, 6.45) is 0.728. The number of nitrogens with one attached hydrogen (secondary N) is 1. The Morgan fingerprint density at radius 2 is 2.06 bits per heavy atom. The number of nitrogens with zero attached hydrogens (tertiary/aromatic N) is 5. The predicted octanol–water partition coefficient (Wildman–Crippen LogP) is 5.53. The molecule has 3 heterocycles. The van der Waals surface area contributed by atoms with Gasteiger partial charge in [-0.15, -0.1) is 10.2 Å². The minimum atomic E-state index is -1.35. The van der Waals surface area contributed by atoms with Crippen molar-refractivity contribution in [2.45, 2.75) is 32.2 Å². The highest BCUT2D eigenvalue weighted by Gasteiger charge is 2.32. The molecule has 1 fully saturated rings. The molecule has 2 aromatic carbocycles. The number of fused-ring (bicyclic) bond motifs is 1. The van der Waals surface area contributed by atoms with E-state index in [2.05, 4.69) is 41.5 Å². The van der Waals surface area contributed by atoms with E-state index in [9.17, 15) is 9.90 Å². The molecule has 2 N–H and O–H groups in total. The summed E-state index contributed by atoms with van der Waals surface area (Å²) in [6.45, 7) is 2.20. The average Bonchev–Trinajstić information content (AvgIpc) is 3.32. The molecule has 1 aliphatic carbocycles. The van der Waals surface area contributed by atoms with E-state index in [4.69, 9.17) is 9.15 Å². The quantitative estimate of drug-likeness (QED) is 0.271. The minimum absolute atomic E-state index is 0.264. The van der Waals surface area contributed by atoms with Crippen molar-refractivity contribution in [2.75, 3.05) is 0 Å². The summed E-state index contributed by atoms with van der Waals surface area (Å²) < 4.78 is 14.0. The van der Waals surface area contributed by atoms with Gasteiger partial charge in [0.25, 0.3) is 0 Å². The van der Waals surface area contributed by atoms with Crippen LogP contribution in [0.2, 0.25) is 0 Å². The Morgan fingerprint density at radius 1 is 1.26 bits per heavy atom. The van der Waals surface area contributed by atoms with Gasteiger partial charge in [-0.05, 0) is 58.6 Å². The van der Waals surface area contributed by atoms with Gasteiger partial charge in [-0.2, -0.15) is 5.21 Å². The first-order valence-corrected chi connectivity index (χ1v) is 11.8. The van der Waals surface area contributed by atoms with Gasteiger partial charge in [-0.3, -0.25) is 4.57 Å². The van der Waals surface area contributed by atoms with Crippen LogP contribution in [0.4, 0.5) is 4.79 Å². The molecular formula is C24H19BrN6O4. The van der Waals surface area contributed by atoms with Crippen LogP contribution >= 0.6 is 15.9 Å². The highest BCUT2D eigenvalue weighted by atomic mass is 79.9. The molecule has 0 atom stereocenters. The van der Waals surface area contributed by atoms with Gasteiger partial charge < -0.3 is 14.3 Å². The van der Waals surface area contributed by atoms with E-state index >= 15 is 0 Å². The molecule has 3 aromatic heterocycles. The fraction of sp³-hybridized carbons (Fsp3) is 0.208. The van der Waals surface area contributed by atoms with Crippen LogP contribution in [0.1, 0.15) is 35.8 Å². The topological polar surface area (TPSA) is 132 Å². The van der Waals surface area contributed by atoms with Crippen molar-refractivity contribution in [1.29, 1.82) is 0 Å². The Balaban J connectivity index is 1.41. The number of imidazole rings is 1.